The van der Waals surface area contributed by atoms with Crippen LogP contribution >= 0.6 is 23.2 Å². The van der Waals surface area contributed by atoms with Crippen LogP contribution in [0, 0.1) is 5.92 Å². The van der Waals surface area contributed by atoms with Crippen LogP contribution in [0.5, 0.6) is 0 Å². The van der Waals surface area contributed by atoms with Gasteiger partial charge in [-0.25, -0.2) is 0 Å². The number of fused-ring (bicyclic) bond motifs is 6. The average Bonchev–Trinajstić information content (AvgIpc) is 3.45. The first-order valence-corrected chi connectivity index (χ1v) is 13.7. The summed E-state index contributed by atoms with van der Waals surface area (Å²) in [6.07, 6.45) is 3.80. The lowest BCUT2D eigenvalue weighted by Gasteiger charge is -2.38. The monoisotopic (exact) mass is 564 g/mol. The molecule has 7 rings (SSSR count). The van der Waals surface area contributed by atoms with E-state index in [1.165, 1.54) is 0 Å². The van der Waals surface area contributed by atoms with Crippen LogP contribution in [-0.4, -0.2) is 28.4 Å². The molecule has 0 bridgehead atoms. The fourth-order valence-electron chi connectivity index (χ4n) is 6.75. The molecule has 40 heavy (non-hydrogen) atoms. The molecule has 4 aromatic carbocycles. The molecule has 1 fully saturated rings. The highest BCUT2D eigenvalue weighted by Crippen LogP contribution is 2.62. The van der Waals surface area contributed by atoms with Crippen LogP contribution < -0.4 is 5.32 Å². The second-order valence-electron chi connectivity index (χ2n) is 10.3. The number of benzene rings is 4. The van der Waals surface area contributed by atoms with Crippen molar-refractivity contribution in [3.8, 4) is 0 Å². The Balaban J connectivity index is 1.53. The van der Waals surface area contributed by atoms with E-state index in [9.17, 15) is 14.4 Å². The first kappa shape index (κ1) is 24.8. The zero-order valence-corrected chi connectivity index (χ0v) is 22.6. The third-order valence-corrected chi connectivity index (χ3v) is 8.88. The third-order valence-electron chi connectivity index (χ3n) is 8.38. The average molecular weight is 565 g/mol. The lowest BCUT2D eigenvalue weighted by atomic mass is 9.62. The van der Waals surface area contributed by atoms with Crippen molar-refractivity contribution in [3.63, 3.8) is 0 Å². The minimum Gasteiger partial charge on any atom is -0.358 e. The van der Waals surface area contributed by atoms with Crippen molar-refractivity contribution >= 4 is 52.4 Å². The molecule has 1 spiro atoms. The fourth-order valence-corrected chi connectivity index (χ4v) is 7.00. The number of para-hydroxylation sites is 1. The summed E-state index contributed by atoms with van der Waals surface area (Å²) in [4.78, 5) is 45.5. The zero-order valence-electron chi connectivity index (χ0n) is 21.1. The van der Waals surface area contributed by atoms with Gasteiger partial charge in [0.05, 0.1) is 12.0 Å². The Morgan fingerprint density at radius 1 is 0.750 bits per heavy atom. The highest BCUT2D eigenvalue weighted by Gasteiger charge is 2.70. The highest BCUT2D eigenvalue weighted by molar-refractivity contribution is 6.31. The topological polar surface area (TPSA) is 66.5 Å². The SMILES string of the molecule is O=C(c1ccc(Cl)cc1)[C@H]1[C@H](C(=O)c2ccc(Cl)cc2)[C@]2(C(=O)Nc3ccccc32)[C@@H]2c3ccccc3C=CN21. The molecule has 0 unspecified atom stereocenters. The number of nitrogens with one attached hydrogen (secondary N) is 1. The maximum absolute atomic E-state index is 14.7. The van der Waals surface area contributed by atoms with Crippen molar-refractivity contribution in [1.82, 2.24) is 4.90 Å². The summed E-state index contributed by atoms with van der Waals surface area (Å²) < 4.78 is 0. The zero-order chi connectivity index (χ0) is 27.6. The molecule has 1 N–H and O–H groups in total. The van der Waals surface area contributed by atoms with Crippen LogP contribution in [0.2, 0.25) is 10.0 Å². The maximum atomic E-state index is 14.7. The molecular formula is C33H22Cl2N2O3. The number of carbonyl (C=O) groups is 3. The van der Waals surface area contributed by atoms with Gasteiger partial charge in [0.1, 0.15) is 11.5 Å². The van der Waals surface area contributed by atoms with E-state index in [4.69, 9.17) is 23.2 Å². The van der Waals surface area contributed by atoms with E-state index in [1.54, 1.807) is 48.5 Å². The van der Waals surface area contributed by atoms with Crippen LogP contribution in [0.15, 0.2) is 103 Å². The summed E-state index contributed by atoms with van der Waals surface area (Å²) in [5.74, 6) is -1.89. The van der Waals surface area contributed by atoms with Gasteiger partial charge in [-0.2, -0.15) is 0 Å². The van der Waals surface area contributed by atoms with Gasteiger partial charge in [0.2, 0.25) is 5.91 Å². The highest BCUT2D eigenvalue weighted by atomic mass is 35.5. The minimum atomic E-state index is -1.37. The molecule has 3 aliphatic heterocycles. The molecule has 3 aliphatic rings. The number of hydrogen-bond donors (Lipinski definition) is 1. The Kier molecular flexibility index (Phi) is 5.70. The Morgan fingerprint density at radius 3 is 2.05 bits per heavy atom. The number of nitrogens with zero attached hydrogens (tertiary/aromatic N) is 1. The first-order valence-electron chi connectivity index (χ1n) is 13.0. The molecule has 196 valence electrons. The molecule has 5 nitrogen and oxygen atoms in total. The van der Waals surface area contributed by atoms with Gasteiger partial charge in [-0.15, -0.1) is 0 Å². The Bertz CT molecular complexity index is 1730. The molecule has 0 aliphatic carbocycles. The number of halogens is 2. The molecule has 7 heteroatoms. The molecule has 1 saturated heterocycles. The van der Waals surface area contributed by atoms with Gasteiger partial charge in [-0.3, -0.25) is 14.4 Å². The lowest BCUT2D eigenvalue weighted by molar-refractivity contribution is -0.122. The van der Waals surface area contributed by atoms with Gasteiger partial charge in [-0.1, -0.05) is 65.7 Å². The standard InChI is InChI=1S/C33H22Cl2N2O3/c34-22-13-9-20(10-14-22)29(38)27-28(30(39)21-11-15-23(35)16-12-21)37-18-17-19-5-1-2-6-24(19)31(37)33(27)25-7-3-4-8-26(25)36-32(33)40/h1-18,27-28,31H,(H,36,40)/t27-,28-,31+,33+/m1/s1. The molecule has 0 aromatic heterocycles. The summed E-state index contributed by atoms with van der Waals surface area (Å²) >= 11 is 12.3. The molecule has 0 saturated carbocycles. The summed E-state index contributed by atoms with van der Waals surface area (Å²) in [7, 11) is 0. The molecular weight excluding hydrogens is 543 g/mol. The van der Waals surface area contributed by atoms with Crippen molar-refractivity contribution in [2.45, 2.75) is 17.5 Å². The van der Waals surface area contributed by atoms with Crippen molar-refractivity contribution in [2.75, 3.05) is 5.32 Å². The maximum Gasteiger partial charge on any atom is 0.238 e. The number of amides is 1. The van der Waals surface area contributed by atoms with Crippen LogP contribution in [0.1, 0.15) is 43.4 Å². The van der Waals surface area contributed by atoms with Gasteiger partial charge >= 0.3 is 0 Å². The third kappa shape index (κ3) is 3.44. The summed E-state index contributed by atoms with van der Waals surface area (Å²) in [5.41, 5.74) is 2.61. The Labute approximate surface area is 241 Å². The van der Waals surface area contributed by atoms with E-state index < -0.39 is 23.4 Å². The molecule has 1 amide bonds. The summed E-state index contributed by atoms with van der Waals surface area (Å²) in [6, 6.07) is 27.0. The molecule has 3 heterocycles. The fraction of sp³-hybridized carbons (Fsp3) is 0.121. The van der Waals surface area contributed by atoms with Crippen LogP contribution in [0.3, 0.4) is 0 Å². The van der Waals surface area contributed by atoms with E-state index >= 15 is 0 Å². The normalized spacial score (nSPS) is 23.9. The van der Waals surface area contributed by atoms with E-state index in [1.807, 2.05) is 65.7 Å². The summed E-state index contributed by atoms with van der Waals surface area (Å²) in [6.45, 7) is 0. The molecule has 4 atom stereocenters. The number of hydrogen-bond acceptors (Lipinski definition) is 4. The van der Waals surface area contributed by atoms with Crippen LogP contribution in [0.25, 0.3) is 6.08 Å². The Morgan fingerprint density at radius 2 is 1.35 bits per heavy atom. The van der Waals surface area contributed by atoms with E-state index in [2.05, 4.69) is 5.32 Å². The second kappa shape index (κ2) is 9.19. The number of rotatable bonds is 4. The van der Waals surface area contributed by atoms with Crippen molar-refractivity contribution in [3.05, 3.63) is 141 Å². The Hall–Kier alpha value is -4.19. The number of Topliss-reactive ketones (excluding diaryl/α,β-unsaturated/α-hetero) is 2. The van der Waals surface area contributed by atoms with Crippen LogP contribution in [0.4, 0.5) is 5.69 Å². The van der Waals surface area contributed by atoms with E-state index in [0.717, 1.165) is 11.1 Å². The quantitative estimate of drug-likeness (QED) is 0.272. The van der Waals surface area contributed by atoms with Gasteiger partial charge in [-0.05, 0) is 77.4 Å². The van der Waals surface area contributed by atoms with Gasteiger partial charge in [0, 0.05) is 33.1 Å². The number of anilines is 1. The predicted octanol–water partition coefficient (Wildman–Crippen LogP) is 6.98. The first-order chi connectivity index (χ1) is 19.4. The number of carbonyl (C=O) groups excluding carboxylic acids is 3. The lowest BCUT2D eigenvalue weighted by Crippen LogP contribution is -2.49. The van der Waals surface area contributed by atoms with Gasteiger partial charge in [0.15, 0.2) is 11.6 Å². The van der Waals surface area contributed by atoms with Gasteiger partial charge < -0.3 is 10.2 Å². The van der Waals surface area contributed by atoms with Gasteiger partial charge in [0.25, 0.3) is 0 Å². The van der Waals surface area contributed by atoms with E-state index in [-0.39, 0.29) is 17.5 Å². The molecule has 0 radical (unpaired) electrons. The second-order valence-corrected chi connectivity index (χ2v) is 11.2. The van der Waals surface area contributed by atoms with Crippen molar-refractivity contribution in [1.29, 1.82) is 0 Å². The minimum absolute atomic E-state index is 0.257. The smallest absolute Gasteiger partial charge is 0.238 e. The molecule has 4 aromatic rings. The van der Waals surface area contributed by atoms with Crippen molar-refractivity contribution < 1.29 is 14.4 Å². The van der Waals surface area contributed by atoms with Crippen molar-refractivity contribution in [2.24, 2.45) is 5.92 Å². The van der Waals surface area contributed by atoms with E-state index in [0.29, 0.717) is 32.4 Å². The summed E-state index contributed by atoms with van der Waals surface area (Å²) in [5, 5.41) is 4.05. The number of ketones is 2. The largest absolute Gasteiger partial charge is 0.358 e. The van der Waals surface area contributed by atoms with Crippen LogP contribution in [-0.2, 0) is 10.2 Å². The predicted molar refractivity (Wildman–Crippen MR) is 156 cm³/mol.